The van der Waals surface area contributed by atoms with Crippen molar-refractivity contribution < 1.29 is 0 Å². The van der Waals surface area contributed by atoms with Crippen molar-refractivity contribution in [2.45, 2.75) is 45.4 Å². The zero-order chi connectivity index (χ0) is 13.3. The van der Waals surface area contributed by atoms with E-state index >= 15 is 0 Å². The highest BCUT2D eigenvalue weighted by atomic mass is 15.1. The number of nitrogens with zero attached hydrogens (tertiary/aromatic N) is 1. The van der Waals surface area contributed by atoms with Crippen LogP contribution in [0.5, 0.6) is 0 Å². The maximum atomic E-state index is 6.10. The van der Waals surface area contributed by atoms with Crippen LogP contribution in [0, 0.1) is 12.3 Å². The van der Waals surface area contributed by atoms with Gasteiger partial charge >= 0.3 is 0 Å². The summed E-state index contributed by atoms with van der Waals surface area (Å²) in [5, 5.41) is 0. The van der Waals surface area contributed by atoms with Gasteiger partial charge in [0.1, 0.15) is 0 Å². The quantitative estimate of drug-likeness (QED) is 0.901. The summed E-state index contributed by atoms with van der Waals surface area (Å²) in [6.45, 7) is 5.42. The average molecular weight is 258 g/mol. The van der Waals surface area contributed by atoms with Gasteiger partial charge in [0.05, 0.1) is 0 Å². The molecule has 2 N–H and O–H groups in total. The van der Waals surface area contributed by atoms with Crippen molar-refractivity contribution in [1.29, 1.82) is 0 Å². The van der Waals surface area contributed by atoms with E-state index in [1.165, 1.54) is 68.4 Å². The molecule has 0 spiro atoms. The highest BCUT2D eigenvalue weighted by Gasteiger charge is 2.35. The molecule has 0 radical (unpaired) electrons. The van der Waals surface area contributed by atoms with Crippen LogP contribution in [0.4, 0.5) is 5.69 Å². The molecule has 0 aromatic heterocycles. The minimum Gasteiger partial charge on any atom is -0.371 e. The summed E-state index contributed by atoms with van der Waals surface area (Å²) in [6, 6.07) is 6.94. The summed E-state index contributed by atoms with van der Waals surface area (Å²) in [5.41, 5.74) is 10.9. The van der Waals surface area contributed by atoms with Gasteiger partial charge in [0.25, 0.3) is 0 Å². The number of hydrogen-bond acceptors (Lipinski definition) is 2. The molecule has 2 aliphatic rings. The normalized spacial score (nSPS) is 21.5. The van der Waals surface area contributed by atoms with Gasteiger partial charge in [-0.25, -0.2) is 0 Å². The lowest BCUT2D eigenvalue weighted by Gasteiger charge is -2.39. The van der Waals surface area contributed by atoms with E-state index in [2.05, 4.69) is 30.0 Å². The highest BCUT2D eigenvalue weighted by Crippen LogP contribution is 2.40. The standard InChI is InChI=1S/C17H26N2/c1-14-6-7-16-15(11-14)5-4-10-19(16)13-17(12-18)8-2-3-9-17/h6-7,11H,2-5,8-10,12-13,18H2,1H3. The van der Waals surface area contributed by atoms with Crippen LogP contribution in [-0.4, -0.2) is 19.6 Å². The molecule has 1 saturated carbocycles. The molecule has 1 aliphatic carbocycles. The van der Waals surface area contributed by atoms with Crippen molar-refractivity contribution in [1.82, 2.24) is 0 Å². The van der Waals surface area contributed by atoms with Gasteiger partial charge in [-0.05, 0) is 50.8 Å². The molecule has 1 aliphatic heterocycles. The fourth-order valence-electron chi connectivity index (χ4n) is 3.92. The Hall–Kier alpha value is -1.02. The zero-order valence-electron chi connectivity index (χ0n) is 12.1. The number of anilines is 1. The number of nitrogens with two attached hydrogens (primary N) is 1. The molecule has 1 aromatic rings. The van der Waals surface area contributed by atoms with Gasteiger partial charge in [-0.3, -0.25) is 0 Å². The summed E-state index contributed by atoms with van der Waals surface area (Å²) in [4.78, 5) is 2.61. The van der Waals surface area contributed by atoms with E-state index in [0.717, 1.165) is 6.54 Å². The van der Waals surface area contributed by atoms with E-state index in [-0.39, 0.29) is 0 Å². The molecule has 2 heteroatoms. The SMILES string of the molecule is Cc1ccc2c(c1)CCCN2CC1(CN)CCCC1. The van der Waals surface area contributed by atoms with Crippen molar-refractivity contribution >= 4 is 5.69 Å². The lowest BCUT2D eigenvalue weighted by atomic mass is 9.84. The predicted octanol–water partition coefficient (Wildman–Crippen LogP) is 3.27. The van der Waals surface area contributed by atoms with E-state index in [1.54, 1.807) is 0 Å². The van der Waals surface area contributed by atoms with Gasteiger partial charge in [-0.15, -0.1) is 0 Å². The predicted molar refractivity (Wildman–Crippen MR) is 81.7 cm³/mol. The maximum absolute atomic E-state index is 6.10. The topological polar surface area (TPSA) is 29.3 Å². The summed E-state index contributed by atoms with van der Waals surface area (Å²) < 4.78 is 0. The van der Waals surface area contributed by atoms with Crippen molar-refractivity contribution in [2.75, 3.05) is 24.5 Å². The van der Waals surface area contributed by atoms with Crippen molar-refractivity contribution in [2.24, 2.45) is 11.1 Å². The van der Waals surface area contributed by atoms with Crippen LogP contribution in [0.15, 0.2) is 18.2 Å². The molecule has 0 atom stereocenters. The third kappa shape index (κ3) is 2.51. The Balaban J connectivity index is 1.83. The second-order valence-corrected chi connectivity index (χ2v) is 6.57. The molecular weight excluding hydrogens is 232 g/mol. The molecule has 2 nitrogen and oxygen atoms in total. The minimum absolute atomic E-state index is 0.388. The Morgan fingerprint density at radius 3 is 2.74 bits per heavy atom. The lowest BCUT2D eigenvalue weighted by molar-refractivity contribution is 0.309. The summed E-state index contributed by atoms with van der Waals surface area (Å²) in [7, 11) is 0. The minimum atomic E-state index is 0.388. The second kappa shape index (κ2) is 5.16. The lowest BCUT2D eigenvalue weighted by Crippen LogP contribution is -2.43. The molecular formula is C17H26N2. The molecule has 0 saturated heterocycles. The zero-order valence-corrected chi connectivity index (χ0v) is 12.1. The van der Waals surface area contributed by atoms with Gasteiger partial charge in [-0.1, -0.05) is 30.5 Å². The number of fused-ring (bicyclic) bond motifs is 1. The van der Waals surface area contributed by atoms with Gasteiger partial charge in [0.15, 0.2) is 0 Å². The van der Waals surface area contributed by atoms with E-state index in [0.29, 0.717) is 5.41 Å². The Labute approximate surface area is 117 Å². The smallest absolute Gasteiger partial charge is 0.0399 e. The van der Waals surface area contributed by atoms with E-state index in [9.17, 15) is 0 Å². The molecule has 19 heavy (non-hydrogen) atoms. The summed E-state index contributed by atoms with van der Waals surface area (Å²) in [5.74, 6) is 0. The second-order valence-electron chi connectivity index (χ2n) is 6.57. The Morgan fingerprint density at radius 2 is 2.00 bits per heavy atom. The molecule has 104 valence electrons. The van der Waals surface area contributed by atoms with Gasteiger partial charge < -0.3 is 10.6 Å². The van der Waals surface area contributed by atoms with Crippen LogP contribution in [0.3, 0.4) is 0 Å². The maximum Gasteiger partial charge on any atom is 0.0399 e. The molecule has 0 unspecified atom stereocenters. The van der Waals surface area contributed by atoms with E-state index in [4.69, 9.17) is 5.73 Å². The van der Waals surface area contributed by atoms with Crippen LogP contribution >= 0.6 is 0 Å². The molecule has 0 bridgehead atoms. The molecule has 0 amide bonds. The Kier molecular flexibility index (Phi) is 3.53. The average Bonchev–Trinajstić information content (AvgIpc) is 2.88. The highest BCUT2D eigenvalue weighted by molar-refractivity contribution is 5.57. The number of hydrogen-bond donors (Lipinski definition) is 1. The fraction of sp³-hybridized carbons (Fsp3) is 0.647. The molecule has 1 heterocycles. The van der Waals surface area contributed by atoms with E-state index in [1.807, 2.05) is 0 Å². The largest absolute Gasteiger partial charge is 0.371 e. The fourth-order valence-corrected chi connectivity index (χ4v) is 3.92. The summed E-state index contributed by atoms with van der Waals surface area (Å²) >= 11 is 0. The van der Waals surface area contributed by atoms with E-state index < -0.39 is 0 Å². The van der Waals surface area contributed by atoms with Crippen molar-refractivity contribution in [3.63, 3.8) is 0 Å². The molecule has 1 fully saturated rings. The first-order valence-corrected chi connectivity index (χ1v) is 7.77. The van der Waals surface area contributed by atoms with Crippen LogP contribution in [-0.2, 0) is 6.42 Å². The van der Waals surface area contributed by atoms with Crippen molar-refractivity contribution in [3.8, 4) is 0 Å². The summed E-state index contributed by atoms with van der Waals surface area (Å²) in [6.07, 6.45) is 7.90. The number of benzene rings is 1. The number of rotatable bonds is 3. The number of aryl methyl sites for hydroxylation is 2. The van der Waals surface area contributed by atoms with Crippen LogP contribution in [0.25, 0.3) is 0 Å². The third-order valence-corrected chi connectivity index (χ3v) is 5.07. The molecule has 1 aromatic carbocycles. The Morgan fingerprint density at radius 1 is 1.21 bits per heavy atom. The third-order valence-electron chi connectivity index (χ3n) is 5.07. The van der Waals surface area contributed by atoms with Crippen LogP contribution in [0.2, 0.25) is 0 Å². The first kappa shape index (κ1) is 13.0. The van der Waals surface area contributed by atoms with Crippen molar-refractivity contribution in [3.05, 3.63) is 29.3 Å². The first-order chi connectivity index (χ1) is 9.22. The molecule has 3 rings (SSSR count). The van der Waals surface area contributed by atoms with Gasteiger partial charge in [-0.2, -0.15) is 0 Å². The monoisotopic (exact) mass is 258 g/mol. The van der Waals surface area contributed by atoms with Crippen LogP contribution < -0.4 is 10.6 Å². The Bertz CT molecular complexity index is 447. The van der Waals surface area contributed by atoms with Gasteiger partial charge in [0, 0.05) is 24.2 Å². The van der Waals surface area contributed by atoms with Crippen LogP contribution in [0.1, 0.15) is 43.2 Å². The first-order valence-electron chi connectivity index (χ1n) is 7.77. The van der Waals surface area contributed by atoms with Gasteiger partial charge in [0.2, 0.25) is 0 Å².